The molecular weight excluding hydrogens is 344 g/mol. The Bertz CT molecular complexity index is 928. The molecule has 7 heteroatoms. The van der Waals surface area contributed by atoms with Crippen LogP contribution in [0.25, 0.3) is 11.1 Å². The van der Waals surface area contributed by atoms with Crippen molar-refractivity contribution in [1.29, 1.82) is 0 Å². The van der Waals surface area contributed by atoms with Gasteiger partial charge in [0.05, 0.1) is 12.1 Å². The first kappa shape index (κ1) is 15.5. The zero-order chi connectivity index (χ0) is 16.7. The zero-order valence-electron chi connectivity index (χ0n) is 12.8. The van der Waals surface area contributed by atoms with Crippen molar-refractivity contribution in [3.63, 3.8) is 0 Å². The number of hydrogen-bond donors (Lipinski definition) is 2. The van der Waals surface area contributed by atoms with Gasteiger partial charge in [0.1, 0.15) is 11.3 Å². The quantitative estimate of drug-likeness (QED) is 0.549. The van der Waals surface area contributed by atoms with Crippen LogP contribution in [0.4, 0.5) is 5.82 Å². The minimum absolute atomic E-state index is 0.0728. The molecule has 0 radical (unpaired) electrons. The minimum atomic E-state index is 0.0728. The topological polar surface area (TPSA) is 77.0 Å². The molecule has 1 aliphatic rings. The number of rotatable bonds is 4. The summed E-state index contributed by atoms with van der Waals surface area (Å²) in [6, 6.07) is 4.12. The van der Waals surface area contributed by atoms with Gasteiger partial charge in [0.15, 0.2) is 11.4 Å². The van der Waals surface area contributed by atoms with Crippen molar-refractivity contribution in [3.05, 3.63) is 39.0 Å². The molecule has 0 aliphatic heterocycles. The summed E-state index contributed by atoms with van der Waals surface area (Å²) in [5, 5.41) is 5.43. The Morgan fingerprint density at radius 3 is 2.96 bits per heavy atom. The van der Waals surface area contributed by atoms with E-state index in [0.717, 1.165) is 18.6 Å². The van der Waals surface area contributed by atoms with Crippen molar-refractivity contribution >= 4 is 39.9 Å². The molecule has 1 saturated carbocycles. The molecule has 24 heavy (non-hydrogen) atoms. The molecule has 0 saturated heterocycles. The van der Waals surface area contributed by atoms with Crippen molar-refractivity contribution in [2.45, 2.75) is 31.3 Å². The van der Waals surface area contributed by atoms with Gasteiger partial charge in [-0.2, -0.15) is 4.98 Å². The highest BCUT2D eigenvalue weighted by molar-refractivity contribution is 7.09. The summed E-state index contributed by atoms with van der Waals surface area (Å²) in [6.45, 7) is 0.629. The number of thiophene rings is 1. The molecule has 3 aromatic rings. The second-order valence-electron chi connectivity index (χ2n) is 5.79. The van der Waals surface area contributed by atoms with Gasteiger partial charge in [-0.05, 0) is 35.9 Å². The number of furan rings is 1. The number of aromatic nitrogens is 2. The Morgan fingerprint density at radius 1 is 1.46 bits per heavy atom. The lowest BCUT2D eigenvalue weighted by Gasteiger charge is -2.31. The van der Waals surface area contributed by atoms with Gasteiger partial charge in [0.25, 0.3) is 0 Å². The van der Waals surface area contributed by atoms with Gasteiger partial charge in [-0.25, -0.2) is 4.98 Å². The Hall–Kier alpha value is -2.07. The molecule has 2 atom stereocenters. The summed E-state index contributed by atoms with van der Waals surface area (Å²) >= 11 is 7.75. The molecule has 0 aromatic carbocycles. The van der Waals surface area contributed by atoms with Crippen LogP contribution in [0.3, 0.4) is 0 Å². The average molecular weight is 359 g/mol. The largest absolute Gasteiger partial charge is 0.454 e. The normalized spacial score (nSPS) is 19.9. The van der Waals surface area contributed by atoms with E-state index in [1.807, 2.05) is 17.5 Å². The second kappa shape index (κ2) is 6.10. The van der Waals surface area contributed by atoms with Crippen LogP contribution in [-0.4, -0.2) is 16.0 Å². The SMILES string of the molecule is C#Cc1c([C@H]2CC[C@@H]2N)oc2c(NCc3cccs3)nc(Cl)nc12. The van der Waals surface area contributed by atoms with Crippen LogP contribution < -0.4 is 11.1 Å². The van der Waals surface area contributed by atoms with Gasteiger partial charge in [-0.1, -0.05) is 12.0 Å². The number of nitrogens with zero attached hydrogens (tertiary/aromatic N) is 2. The fraction of sp³-hybridized carbons (Fsp3) is 0.294. The van der Waals surface area contributed by atoms with Gasteiger partial charge in [0.2, 0.25) is 5.28 Å². The Morgan fingerprint density at radius 2 is 2.33 bits per heavy atom. The molecule has 0 amide bonds. The van der Waals surface area contributed by atoms with Gasteiger partial charge in [-0.3, -0.25) is 0 Å². The number of nitrogens with two attached hydrogens (primary N) is 1. The maximum Gasteiger partial charge on any atom is 0.225 e. The van der Waals surface area contributed by atoms with Crippen LogP contribution in [0.5, 0.6) is 0 Å². The first-order valence-corrected chi connectivity index (χ1v) is 8.91. The standard InChI is InChI=1S/C17H15ClN4OS/c1-2-10-13-15(23-14(10)11-5-6-12(11)19)16(22-17(18)21-13)20-8-9-4-3-7-24-9/h1,3-4,7,11-12H,5-6,8,19H2,(H,20,21,22)/t11-,12-/m0/s1. The molecule has 0 unspecified atom stereocenters. The van der Waals surface area contributed by atoms with Crippen LogP contribution in [0, 0.1) is 12.3 Å². The smallest absolute Gasteiger partial charge is 0.225 e. The van der Waals surface area contributed by atoms with Crippen LogP contribution in [-0.2, 0) is 6.54 Å². The highest BCUT2D eigenvalue weighted by Gasteiger charge is 2.35. The van der Waals surface area contributed by atoms with Crippen LogP contribution in [0.1, 0.15) is 35.0 Å². The third-order valence-electron chi connectivity index (χ3n) is 4.35. The monoisotopic (exact) mass is 358 g/mol. The lowest BCUT2D eigenvalue weighted by molar-refractivity contribution is 0.302. The number of anilines is 1. The molecule has 1 fully saturated rings. The lowest BCUT2D eigenvalue weighted by Crippen LogP contribution is -2.37. The summed E-state index contributed by atoms with van der Waals surface area (Å²) in [7, 11) is 0. The van der Waals surface area contributed by atoms with Gasteiger partial charge in [0, 0.05) is 16.8 Å². The van der Waals surface area contributed by atoms with E-state index in [-0.39, 0.29) is 17.2 Å². The van der Waals surface area contributed by atoms with Crippen LogP contribution in [0.2, 0.25) is 5.28 Å². The first-order valence-electron chi connectivity index (χ1n) is 7.65. The average Bonchev–Trinajstić information content (AvgIpc) is 3.18. The summed E-state index contributed by atoms with van der Waals surface area (Å²) in [4.78, 5) is 9.73. The highest BCUT2D eigenvalue weighted by Crippen LogP contribution is 2.41. The molecule has 3 heterocycles. The summed E-state index contributed by atoms with van der Waals surface area (Å²) in [5.74, 6) is 4.10. The predicted molar refractivity (Wildman–Crippen MR) is 96.3 cm³/mol. The molecule has 0 bridgehead atoms. The summed E-state index contributed by atoms with van der Waals surface area (Å²) in [6.07, 6.45) is 7.64. The van der Waals surface area contributed by atoms with E-state index in [0.29, 0.717) is 29.0 Å². The maximum absolute atomic E-state index is 6.09. The van der Waals surface area contributed by atoms with E-state index < -0.39 is 0 Å². The number of halogens is 1. The fourth-order valence-corrected chi connectivity index (χ4v) is 3.74. The van der Waals surface area contributed by atoms with Crippen LogP contribution in [0.15, 0.2) is 21.9 Å². The molecule has 4 rings (SSSR count). The van der Waals surface area contributed by atoms with E-state index in [4.69, 9.17) is 28.2 Å². The minimum Gasteiger partial charge on any atom is -0.454 e. The predicted octanol–water partition coefficient (Wildman–Crippen LogP) is 3.74. The Labute approximate surface area is 148 Å². The summed E-state index contributed by atoms with van der Waals surface area (Å²) in [5.41, 5.74) is 7.83. The van der Waals surface area contributed by atoms with Crippen molar-refractivity contribution < 1.29 is 4.42 Å². The first-order chi connectivity index (χ1) is 11.7. The molecule has 5 nitrogen and oxygen atoms in total. The molecular formula is C17H15ClN4OS. The molecule has 3 N–H and O–H groups in total. The van der Waals surface area contributed by atoms with Gasteiger partial charge in [-0.15, -0.1) is 17.8 Å². The van der Waals surface area contributed by atoms with Crippen molar-refractivity contribution in [2.75, 3.05) is 5.32 Å². The van der Waals surface area contributed by atoms with E-state index >= 15 is 0 Å². The van der Waals surface area contributed by atoms with Gasteiger partial charge >= 0.3 is 0 Å². The van der Waals surface area contributed by atoms with E-state index in [1.165, 1.54) is 4.88 Å². The van der Waals surface area contributed by atoms with Gasteiger partial charge < -0.3 is 15.5 Å². The molecule has 122 valence electrons. The second-order valence-corrected chi connectivity index (χ2v) is 7.16. The van der Waals surface area contributed by atoms with E-state index in [1.54, 1.807) is 11.3 Å². The van der Waals surface area contributed by atoms with Crippen LogP contribution >= 0.6 is 22.9 Å². The summed E-state index contributed by atoms with van der Waals surface area (Å²) < 4.78 is 6.06. The number of terminal acetylenes is 1. The molecule has 3 aromatic heterocycles. The van der Waals surface area contributed by atoms with E-state index in [2.05, 4.69) is 21.2 Å². The Kier molecular flexibility index (Phi) is 3.93. The van der Waals surface area contributed by atoms with E-state index in [9.17, 15) is 0 Å². The Balaban J connectivity index is 1.78. The zero-order valence-corrected chi connectivity index (χ0v) is 14.3. The lowest BCUT2D eigenvalue weighted by atomic mass is 9.77. The number of hydrogen-bond acceptors (Lipinski definition) is 6. The van der Waals surface area contributed by atoms with Crippen molar-refractivity contribution in [1.82, 2.24) is 9.97 Å². The highest BCUT2D eigenvalue weighted by atomic mass is 35.5. The number of fused-ring (bicyclic) bond motifs is 1. The number of nitrogens with one attached hydrogen (secondary N) is 1. The van der Waals surface area contributed by atoms with Crippen molar-refractivity contribution in [2.24, 2.45) is 5.73 Å². The fourth-order valence-electron chi connectivity index (χ4n) is 2.92. The third-order valence-corrected chi connectivity index (χ3v) is 5.40. The third kappa shape index (κ3) is 2.55. The maximum atomic E-state index is 6.09. The van der Waals surface area contributed by atoms with Crippen molar-refractivity contribution in [3.8, 4) is 12.3 Å². The molecule has 0 spiro atoms. The molecule has 1 aliphatic carbocycles.